The predicted molar refractivity (Wildman–Crippen MR) is 68.4 cm³/mol. The second-order valence-corrected chi connectivity index (χ2v) is 4.81. The Kier molecular flexibility index (Phi) is 4.43. The lowest BCUT2D eigenvalue weighted by Crippen LogP contribution is -2.30. The Morgan fingerprint density at radius 2 is 2.00 bits per heavy atom. The Hall–Kier alpha value is -1.73. The van der Waals surface area contributed by atoms with Crippen LogP contribution in [-0.4, -0.2) is 43.6 Å². The number of ether oxygens (including phenoxy) is 3. The van der Waals surface area contributed by atoms with Crippen molar-refractivity contribution in [1.82, 2.24) is 0 Å². The van der Waals surface area contributed by atoms with Crippen LogP contribution in [0.2, 0.25) is 0 Å². The van der Waals surface area contributed by atoms with Crippen molar-refractivity contribution in [2.75, 3.05) is 14.2 Å². The molecule has 0 bridgehead atoms. The van der Waals surface area contributed by atoms with Gasteiger partial charge in [0.1, 0.15) is 0 Å². The van der Waals surface area contributed by atoms with Crippen molar-refractivity contribution in [2.24, 2.45) is 0 Å². The first kappa shape index (κ1) is 15.7. The summed E-state index contributed by atoms with van der Waals surface area (Å²) in [6.45, 7) is 1.66. The number of methoxy groups -OCH3 is 2. The Bertz CT molecular complexity index is 548. The number of aliphatic carboxylic acids is 1. The molecule has 1 aliphatic rings. The highest BCUT2D eigenvalue weighted by molar-refractivity contribution is 5.75. The van der Waals surface area contributed by atoms with E-state index in [-0.39, 0.29) is 11.3 Å². The van der Waals surface area contributed by atoms with Crippen LogP contribution in [0.4, 0.5) is 8.78 Å². The molecule has 0 aromatic heterocycles. The maximum atomic E-state index is 13.8. The summed E-state index contributed by atoms with van der Waals surface area (Å²) in [5.74, 6) is -4.55. The van der Waals surface area contributed by atoms with Crippen LogP contribution in [0.3, 0.4) is 0 Å². The molecule has 0 unspecified atom stereocenters. The van der Waals surface area contributed by atoms with Gasteiger partial charge in [0.25, 0.3) is 0 Å². The van der Waals surface area contributed by atoms with Crippen molar-refractivity contribution in [2.45, 2.75) is 31.2 Å². The van der Waals surface area contributed by atoms with Gasteiger partial charge in [0.15, 0.2) is 17.7 Å². The zero-order valence-corrected chi connectivity index (χ0v) is 11.8. The molecule has 0 amide bonds. The number of carboxylic acids is 1. The number of carboxylic acid groups (broad SMARTS) is 1. The first-order valence-corrected chi connectivity index (χ1v) is 6.35. The second kappa shape index (κ2) is 5.95. The van der Waals surface area contributed by atoms with Gasteiger partial charge in [0, 0.05) is 12.7 Å². The van der Waals surface area contributed by atoms with E-state index in [1.807, 2.05) is 0 Å². The van der Waals surface area contributed by atoms with Crippen LogP contribution in [0.5, 0.6) is 5.75 Å². The van der Waals surface area contributed by atoms with Crippen molar-refractivity contribution in [3.05, 3.63) is 29.3 Å². The van der Waals surface area contributed by atoms with E-state index < -0.39 is 41.8 Å². The minimum Gasteiger partial charge on any atom is -0.493 e. The van der Waals surface area contributed by atoms with Crippen molar-refractivity contribution in [3.8, 4) is 5.75 Å². The molecule has 1 aromatic rings. The molecule has 7 heteroatoms. The number of benzene rings is 1. The fourth-order valence-corrected chi connectivity index (χ4v) is 2.76. The highest BCUT2D eigenvalue weighted by Gasteiger charge is 2.48. The number of halogens is 2. The molecule has 116 valence electrons. The number of hydrogen-bond acceptors (Lipinski definition) is 4. The summed E-state index contributed by atoms with van der Waals surface area (Å²) in [5.41, 5.74) is 0.208. The molecule has 5 nitrogen and oxygen atoms in total. The third-order valence-corrected chi connectivity index (χ3v) is 3.66. The van der Waals surface area contributed by atoms with Gasteiger partial charge in [0.2, 0.25) is 5.82 Å². The Morgan fingerprint density at radius 3 is 2.52 bits per heavy atom. The molecule has 21 heavy (non-hydrogen) atoms. The predicted octanol–water partition coefficient (Wildman–Crippen LogP) is 1.94. The van der Waals surface area contributed by atoms with E-state index in [4.69, 9.17) is 14.2 Å². The molecule has 0 saturated carbocycles. The summed E-state index contributed by atoms with van der Waals surface area (Å²) in [6.07, 6.45) is -2.33. The molecule has 1 fully saturated rings. The molecular weight excluding hydrogens is 286 g/mol. The molecule has 1 N–H and O–H groups in total. The summed E-state index contributed by atoms with van der Waals surface area (Å²) in [5, 5.41) is 9.27. The monoisotopic (exact) mass is 302 g/mol. The van der Waals surface area contributed by atoms with Crippen molar-refractivity contribution in [1.29, 1.82) is 0 Å². The van der Waals surface area contributed by atoms with Crippen LogP contribution in [0.15, 0.2) is 12.1 Å². The summed E-state index contributed by atoms with van der Waals surface area (Å²) >= 11 is 0. The van der Waals surface area contributed by atoms with Gasteiger partial charge in [-0.15, -0.1) is 0 Å². The zero-order valence-electron chi connectivity index (χ0n) is 11.8. The SMILES string of the molecule is COc1c([C@@H]2[C@H](OC)[C@H](C)O[C@H]2C(=O)O)ccc(F)c1F. The average molecular weight is 302 g/mol. The van der Waals surface area contributed by atoms with Gasteiger partial charge in [0.05, 0.1) is 25.2 Å². The molecule has 0 aliphatic carbocycles. The third kappa shape index (κ3) is 2.58. The molecule has 1 heterocycles. The lowest BCUT2D eigenvalue weighted by Gasteiger charge is -2.23. The van der Waals surface area contributed by atoms with Crippen LogP contribution in [0, 0.1) is 11.6 Å². The molecule has 2 rings (SSSR count). The van der Waals surface area contributed by atoms with E-state index in [1.165, 1.54) is 20.3 Å². The normalized spacial score (nSPS) is 28.6. The van der Waals surface area contributed by atoms with E-state index in [1.54, 1.807) is 6.92 Å². The van der Waals surface area contributed by atoms with Gasteiger partial charge in [-0.05, 0) is 13.0 Å². The van der Waals surface area contributed by atoms with E-state index in [2.05, 4.69) is 0 Å². The van der Waals surface area contributed by atoms with Gasteiger partial charge in [-0.3, -0.25) is 0 Å². The van der Waals surface area contributed by atoms with Gasteiger partial charge >= 0.3 is 5.97 Å². The molecule has 1 aliphatic heterocycles. The molecule has 1 aromatic carbocycles. The van der Waals surface area contributed by atoms with Gasteiger partial charge < -0.3 is 19.3 Å². The lowest BCUT2D eigenvalue weighted by molar-refractivity contribution is -0.149. The van der Waals surface area contributed by atoms with Crippen LogP contribution >= 0.6 is 0 Å². The van der Waals surface area contributed by atoms with E-state index >= 15 is 0 Å². The fraction of sp³-hybridized carbons (Fsp3) is 0.500. The van der Waals surface area contributed by atoms with Crippen LogP contribution < -0.4 is 4.74 Å². The Balaban J connectivity index is 2.56. The van der Waals surface area contributed by atoms with Crippen molar-refractivity contribution in [3.63, 3.8) is 0 Å². The summed E-state index contributed by atoms with van der Waals surface area (Å²) in [4.78, 5) is 11.4. The molecule has 0 spiro atoms. The summed E-state index contributed by atoms with van der Waals surface area (Å²) in [7, 11) is 2.60. The van der Waals surface area contributed by atoms with Crippen LogP contribution in [-0.2, 0) is 14.3 Å². The minimum atomic E-state index is -1.22. The van der Waals surface area contributed by atoms with Gasteiger partial charge in [-0.1, -0.05) is 6.07 Å². The van der Waals surface area contributed by atoms with Crippen LogP contribution in [0.25, 0.3) is 0 Å². The summed E-state index contributed by atoms with van der Waals surface area (Å²) in [6, 6.07) is 2.23. The maximum absolute atomic E-state index is 13.8. The molecular formula is C14H16F2O5. The quantitative estimate of drug-likeness (QED) is 0.921. The second-order valence-electron chi connectivity index (χ2n) is 4.81. The minimum absolute atomic E-state index is 0.208. The smallest absolute Gasteiger partial charge is 0.333 e. The van der Waals surface area contributed by atoms with Crippen molar-refractivity contribution >= 4 is 5.97 Å². The summed E-state index contributed by atoms with van der Waals surface area (Å²) < 4.78 is 42.7. The standard InChI is InChI=1S/C14H16F2O5/c1-6-11(19-2)9(13(21-6)14(17)18)7-4-5-8(15)10(16)12(7)20-3/h4-6,9,11,13H,1-3H3,(H,17,18)/t6-,9+,11+,13+/m0/s1. The number of hydrogen-bond donors (Lipinski definition) is 1. The highest BCUT2D eigenvalue weighted by atomic mass is 19.2. The highest BCUT2D eigenvalue weighted by Crippen LogP contribution is 2.42. The van der Waals surface area contributed by atoms with E-state index in [9.17, 15) is 18.7 Å². The first-order chi connectivity index (χ1) is 9.92. The lowest BCUT2D eigenvalue weighted by atomic mass is 9.87. The Labute approximate surface area is 120 Å². The first-order valence-electron chi connectivity index (χ1n) is 6.35. The molecule has 4 atom stereocenters. The average Bonchev–Trinajstić information content (AvgIpc) is 2.78. The Morgan fingerprint density at radius 1 is 1.33 bits per heavy atom. The van der Waals surface area contributed by atoms with E-state index in [0.717, 1.165) is 6.07 Å². The van der Waals surface area contributed by atoms with Crippen molar-refractivity contribution < 1.29 is 32.9 Å². The molecule has 1 saturated heterocycles. The van der Waals surface area contributed by atoms with Gasteiger partial charge in [-0.2, -0.15) is 4.39 Å². The number of carbonyl (C=O) groups is 1. The third-order valence-electron chi connectivity index (χ3n) is 3.66. The van der Waals surface area contributed by atoms with Crippen LogP contribution in [0.1, 0.15) is 18.4 Å². The van der Waals surface area contributed by atoms with Gasteiger partial charge in [-0.25, -0.2) is 9.18 Å². The number of rotatable bonds is 4. The largest absolute Gasteiger partial charge is 0.493 e. The zero-order chi connectivity index (χ0) is 15.7. The van der Waals surface area contributed by atoms with E-state index in [0.29, 0.717) is 0 Å². The molecule has 0 radical (unpaired) electrons. The maximum Gasteiger partial charge on any atom is 0.333 e. The topological polar surface area (TPSA) is 65.0 Å². The fourth-order valence-electron chi connectivity index (χ4n) is 2.76.